The molecule has 106 valence electrons. The molecule has 2 heteroatoms. The van der Waals surface area contributed by atoms with Crippen LogP contribution in [0.15, 0.2) is 66.7 Å². The van der Waals surface area contributed by atoms with E-state index in [-0.39, 0.29) is 5.78 Å². The van der Waals surface area contributed by atoms with Gasteiger partial charge in [0.25, 0.3) is 0 Å². The molecule has 0 aliphatic heterocycles. The minimum absolute atomic E-state index is 0.0807. The summed E-state index contributed by atoms with van der Waals surface area (Å²) in [4.78, 5) is 12.7. The molecule has 0 aliphatic carbocycles. The van der Waals surface area contributed by atoms with Gasteiger partial charge in [-0.1, -0.05) is 48.0 Å². The van der Waals surface area contributed by atoms with E-state index in [0.717, 1.165) is 16.7 Å². The lowest BCUT2D eigenvalue weighted by Gasteiger charge is -2.02. The lowest BCUT2D eigenvalue weighted by molar-refractivity contribution is 0.103. The van der Waals surface area contributed by atoms with Gasteiger partial charge in [-0.2, -0.15) is 0 Å². The Morgan fingerprint density at radius 3 is 2.27 bits per heavy atom. The van der Waals surface area contributed by atoms with Crippen molar-refractivity contribution in [1.82, 2.24) is 0 Å². The number of thiophene rings is 1. The lowest BCUT2D eigenvalue weighted by atomic mass is 10.0. The summed E-state index contributed by atoms with van der Waals surface area (Å²) >= 11 is 1.77. The topological polar surface area (TPSA) is 17.1 Å². The van der Waals surface area contributed by atoms with Crippen LogP contribution in [0.25, 0.3) is 20.2 Å². The molecule has 4 rings (SSSR count). The third-order valence-electron chi connectivity index (χ3n) is 3.95. The molecule has 0 aliphatic rings. The molecule has 1 aromatic heterocycles. The molecular formula is C20H14OS. The molecule has 0 N–H and O–H groups in total. The van der Waals surface area contributed by atoms with Gasteiger partial charge in [0, 0.05) is 31.3 Å². The van der Waals surface area contributed by atoms with E-state index in [4.69, 9.17) is 0 Å². The van der Waals surface area contributed by atoms with Crippen LogP contribution in [0.2, 0.25) is 0 Å². The number of rotatable bonds is 2. The largest absolute Gasteiger partial charge is 0.289 e. The first-order valence-corrected chi connectivity index (χ1v) is 8.07. The third kappa shape index (κ3) is 2.13. The van der Waals surface area contributed by atoms with Crippen molar-refractivity contribution in [2.45, 2.75) is 6.92 Å². The maximum atomic E-state index is 12.7. The second-order valence-electron chi connectivity index (χ2n) is 5.50. The van der Waals surface area contributed by atoms with Gasteiger partial charge in [0.2, 0.25) is 0 Å². The summed E-state index contributed by atoms with van der Waals surface area (Å²) in [6, 6.07) is 22.1. The van der Waals surface area contributed by atoms with Gasteiger partial charge < -0.3 is 0 Å². The quantitative estimate of drug-likeness (QED) is 0.441. The molecule has 3 aromatic carbocycles. The molecule has 1 nitrogen and oxygen atoms in total. The van der Waals surface area contributed by atoms with Gasteiger partial charge in [0.1, 0.15) is 0 Å². The number of hydrogen-bond acceptors (Lipinski definition) is 2. The summed E-state index contributed by atoms with van der Waals surface area (Å²) in [7, 11) is 0. The minimum atomic E-state index is 0.0807. The zero-order chi connectivity index (χ0) is 15.1. The molecule has 0 unspecified atom stereocenters. The third-order valence-corrected chi connectivity index (χ3v) is 5.10. The highest BCUT2D eigenvalue weighted by Crippen LogP contribution is 2.34. The van der Waals surface area contributed by atoms with Gasteiger partial charge in [0.15, 0.2) is 5.78 Å². The number of fused-ring (bicyclic) bond motifs is 3. The number of hydrogen-bond donors (Lipinski definition) is 0. The van der Waals surface area contributed by atoms with E-state index in [1.54, 1.807) is 11.3 Å². The highest BCUT2D eigenvalue weighted by atomic mass is 32.1. The van der Waals surface area contributed by atoms with Gasteiger partial charge in [-0.3, -0.25) is 4.79 Å². The molecule has 0 bridgehead atoms. The molecule has 0 atom stereocenters. The second kappa shape index (κ2) is 5.08. The summed E-state index contributed by atoms with van der Waals surface area (Å²) in [5.74, 6) is 0.0807. The van der Waals surface area contributed by atoms with E-state index >= 15 is 0 Å². The number of carbonyl (C=O) groups excluding carboxylic acids is 1. The summed E-state index contributed by atoms with van der Waals surface area (Å²) < 4.78 is 2.49. The molecule has 0 saturated carbocycles. The predicted octanol–water partition coefficient (Wildman–Crippen LogP) is 5.59. The van der Waals surface area contributed by atoms with Gasteiger partial charge in [0.05, 0.1) is 0 Å². The number of aryl methyl sites for hydroxylation is 1. The minimum Gasteiger partial charge on any atom is -0.289 e. The molecule has 1 heterocycles. The summed E-state index contributed by atoms with van der Waals surface area (Å²) in [6.07, 6.45) is 0. The summed E-state index contributed by atoms with van der Waals surface area (Å²) in [5.41, 5.74) is 2.65. The lowest BCUT2D eigenvalue weighted by Crippen LogP contribution is -2.00. The van der Waals surface area contributed by atoms with Crippen LogP contribution in [-0.2, 0) is 0 Å². The SMILES string of the molecule is Cc1ccc(C(=O)c2ccc3sc4ccccc4c3c2)cc1. The van der Waals surface area contributed by atoms with Crippen LogP contribution in [0.5, 0.6) is 0 Å². The smallest absolute Gasteiger partial charge is 0.193 e. The average molecular weight is 302 g/mol. The van der Waals surface area contributed by atoms with Crippen LogP contribution in [-0.4, -0.2) is 5.78 Å². The standard InChI is InChI=1S/C20H14OS/c1-13-6-8-14(9-7-13)20(21)15-10-11-19-17(12-15)16-4-2-3-5-18(16)22-19/h2-12H,1H3. The maximum absolute atomic E-state index is 12.7. The maximum Gasteiger partial charge on any atom is 0.193 e. The summed E-state index contributed by atoms with van der Waals surface area (Å²) in [5, 5.41) is 2.39. The van der Waals surface area contributed by atoms with E-state index in [0.29, 0.717) is 0 Å². The van der Waals surface area contributed by atoms with Crippen LogP contribution >= 0.6 is 11.3 Å². The molecule has 0 amide bonds. The predicted molar refractivity (Wildman–Crippen MR) is 93.9 cm³/mol. The zero-order valence-corrected chi connectivity index (χ0v) is 13.0. The zero-order valence-electron chi connectivity index (χ0n) is 12.2. The molecule has 0 saturated heterocycles. The van der Waals surface area contributed by atoms with Crippen molar-refractivity contribution in [3.05, 3.63) is 83.4 Å². The van der Waals surface area contributed by atoms with Crippen molar-refractivity contribution >= 4 is 37.3 Å². The fourth-order valence-electron chi connectivity index (χ4n) is 2.74. The van der Waals surface area contributed by atoms with Crippen molar-refractivity contribution < 1.29 is 4.79 Å². The Labute approximate surface area is 132 Å². The molecule has 22 heavy (non-hydrogen) atoms. The average Bonchev–Trinajstić information content (AvgIpc) is 2.92. The Morgan fingerprint density at radius 1 is 0.773 bits per heavy atom. The van der Waals surface area contributed by atoms with Gasteiger partial charge in [-0.05, 0) is 31.2 Å². The Morgan fingerprint density at radius 2 is 1.45 bits per heavy atom. The van der Waals surface area contributed by atoms with Crippen LogP contribution < -0.4 is 0 Å². The van der Waals surface area contributed by atoms with Crippen molar-refractivity contribution in [3.63, 3.8) is 0 Å². The number of benzene rings is 3. The first-order valence-electron chi connectivity index (χ1n) is 7.25. The molecule has 0 spiro atoms. The molecule has 0 radical (unpaired) electrons. The van der Waals surface area contributed by atoms with E-state index < -0.39 is 0 Å². The van der Waals surface area contributed by atoms with Crippen molar-refractivity contribution in [3.8, 4) is 0 Å². The fraction of sp³-hybridized carbons (Fsp3) is 0.0500. The first-order chi connectivity index (χ1) is 10.7. The first kappa shape index (κ1) is 13.2. The van der Waals surface area contributed by atoms with Crippen LogP contribution in [0, 0.1) is 6.92 Å². The number of ketones is 1. The Kier molecular flexibility index (Phi) is 3.05. The second-order valence-corrected chi connectivity index (χ2v) is 6.59. The van der Waals surface area contributed by atoms with E-state index in [1.165, 1.54) is 20.2 Å². The Bertz CT molecular complexity index is 993. The Balaban J connectivity index is 1.86. The van der Waals surface area contributed by atoms with E-state index in [2.05, 4.69) is 24.3 Å². The monoisotopic (exact) mass is 302 g/mol. The highest BCUT2D eigenvalue weighted by molar-refractivity contribution is 7.25. The van der Waals surface area contributed by atoms with Crippen LogP contribution in [0.4, 0.5) is 0 Å². The van der Waals surface area contributed by atoms with Crippen LogP contribution in [0.1, 0.15) is 21.5 Å². The molecule has 4 aromatic rings. The summed E-state index contributed by atoms with van der Waals surface area (Å²) in [6.45, 7) is 2.03. The van der Waals surface area contributed by atoms with Crippen LogP contribution in [0.3, 0.4) is 0 Å². The van der Waals surface area contributed by atoms with E-state index in [1.807, 2.05) is 49.4 Å². The number of carbonyl (C=O) groups is 1. The van der Waals surface area contributed by atoms with Crippen molar-refractivity contribution in [2.24, 2.45) is 0 Å². The van der Waals surface area contributed by atoms with Gasteiger partial charge in [-0.25, -0.2) is 0 Å². The van der Waals surface area contributed by atoms with Gasteiger partial charge >= 0.3 is 0 Å². The highest BCUT2D eigenvalue weighted by Gasteiger charge is 2.11. The van der Waals surface area contributed by atoms with Crippen molar-refractivity contribution in [1.29, 1.82) is 0 Å². The van der Waals surface area contributed by atoms with Gasteiger partial charge in [-0.15, -0.1) is 11.3 Å². The molecular weight excluding hydrogens is 288 g/mol. The van der Waals surface area contributed by atoms with Crippen molar-refractivity contribution in [2.75, 3.05) is 0 Å². The fourth-order valence-corrected chi connectivity index (χ4v) is 3.83. The van der Waals surface area contributed by atoms with E-state index in [9.17, 15) is 4.79 Å². The molecule has 0 fully saturated rings. The Hall–Kier alpha value is -2.45. The normalized spacial score (nSPS) is 11.1.